The van der Waals surface area contributed by atoms with Crippen molar-refractivity contribution in [1.82, 2.24) is 0 Å². The van der Waals surface area contributed by atoms with Gasteiger partial charge in [-0.1, -0.05) is 18.2 Å². The fourth-order valence-electron chi connectivity index (χ4n) is 1.44. The number of carbonyl (C=O) groups excluding carboxylic acids is 1. The molecule has 1 amide bonds. The second-order valence-electron chi connectivity index (χ2n) is 3.76. The molecule has 0 unspecified atom stereocenters. The summed E-state index contributed by atoms with van der Waals surface area (Å²) in [6, 6.07) is 7.49. The van der Waals surface area contributed by atoms with Crippen molar-refractivity contribution in [1.29, 1.82) is 0 Å². The second-order valence-corrected chi connectivity index (χ2v) is 3.76. The van der Waals surface area contributed by atoms with Crippen molar-refractivity contribution >= 4 is 11.6 Å². The fourth-order valence-corrected chi connectivity index (χ4v) is 1.44. The number of benzene rings is 1. The molecule has 0 aliphatic rings. The van der Waals surface area contributed by atoms with Crippen LogP contribution in [0.1, 0.15) is 12.0 Å². The zero-order valence-corrected chi connectivity index (χ0v) is 10.6. The Morgan fingerprint density at radius 2 is 2.06 bits per heavy atom. The molecule has 0 heterocycles. The zero-order valence-electron chi connectivity index (χ0n) is 10.6. The summed E-state index contributed by atoms with van der Waals surface area (Å²) in [5.41, 5.74) is 7.28. The highest BCUT2D eigenvalue weighted by atomic mass is 16.5. The third-order valence-corrected chi connectivity index (χ3v) is 2.42. The van der Waals surface area contributed by atoms with Crippen LogP contribution in [-0.2, 0) is 20.8 Å². The predicted molar refractivity (Wildman–Crippen MR) is 70.3 cm³/mol. The van der Waals surface area contributed by atoms with Crippen LogP contribution in [0.25, 0.3) is 0 Å². The van der Waals surface area contributed by atoms with E-state index in [1.807, 2.05) is 24.3 Å². The lowest BCUT2D eigenvalue weighted by molar-refractivity contribution is -0.117. The minimum absolute atomic E-state index is 0.0756. The van der Waals surface area contributed by atoms with Crippen LogP contribution >= 0.6 is 0 Å². The molecule has 0 aromatic heterocycles. The van der Waals surface area contributed by atoms with Crippen LogP contribution in [-0.4, -0.2) is 32.8 Å². The number of carbonyl (C=O) groups is 1. The van der Waals surface area contributed by atoms with Gasteiger partial charge in [0.25, 0.3) is 0 Å². The molecule has 5 heteroatoms. The average molecular weight is 252 g/mol. The molecule has 0 saturated heterocycles. The van der Waals surface area contributed by atoms with Gasteiger partial charge in [0.2, 0.25) is 5.91 Å². The van der Waals surface area contributed by atoms with Gasteiger partial charge in [0.15, 0.2) is 0 Å². The number of methoxy groups -OCH3 is 1. The Hall–Kier alpha value is -1.43. The highest BCUT2D eigenvalue weighted by Gasteiger charge is 2.05. The maximum atomic E-state index is 11.7. The van der Waals surface area contributed by atoms with E-state index in [2.05, 4.69) is 5.32 Å². The van der Waals surface area contributed by atoms with E-state index in [9.17, 15) is 4.79 Å². The monoisotopic (exact) mass is 252 g/mol. The number of hydrogen-bond donors (Lipinski definition) is 2. The number of rotatable bonds is 8. The van der Waals surface area contributed by atoms with Gasteiger partial charge in [0.1, 0.15) is 0 Å². The molecule has 1 aromatic rings. The molecule has 0 saturated carbocycles. The highest BCUT2D eigenvalue weighted by Crippen LogP contribution is 2.14. The lowest BCUT2D eigenvalue weighted by Gasteiger charge is -2.09. The second kappa shape index (κ2) is 8.63. The summed E-state index contributed by atoms with van der Waals surface area (Å²) in [7, 11) is 1.61. The van der Waals surface area contributed by atoms with Crippen molar-refractivity contribution in [3.63, 3.8) is 0 Å². The number of amides is 1. The molecule has 0 atom stereocenters. The Labute approximate surface area is 107 Å². The number of hydrogen-bond acceptors (Lipinski definition) is 4. The van der Waals surface area contributed by atoms with E-state index in [1.54, 1.807) is 7.11 Å². The molecule has 3 N–H and O–H groups in total. The van der Waals surface area contributed by atoms with Crippen molar-refractivity contribution in [3.8, 4) is 0 Å². The van der Waals surface area contributed by atoms with Crippen molar-refractivity contribution in [2.75, 3.05) is 32.2 Å². The quantitative estimate of drug-likeness (QED) is 0.680. The number of anilines is 1. The molecule has 0 aliphatic carbocycles. The average Bonchev–Trinajstić information content (AvgIpc) is 2.39. The Bertz CT molecular complexity index is 369. The lowest BCUT2D eigenvalue weighted by Crippen LogP contribution is -2.16. The minimum atomic E-state index is -0.0756. The third-order valence-electron chi connectivity index (χ3n) is 2.42. The minimum Gasteiger partial charge on any atom is -0.382 e. The number of nitrogens with two attached hydrogens (primary N) is 1. The first-order valence-corrected chi connectivity index (χ1v) is 5.92. The molecule has 0 spiro atoms. The predicted octanol–water partition coefficient (Wildman–Crippen LogP) is 1.14. The van der Waals surface area contributed by atoms with Gasteiger partial charge >= 0.3 is 0 Å². The first kappa shape index (κ1) is 14.6. The maximum absolute atomic E-state index is 11.7. The van der Waals surface area contributed by atoms with Crippen LogP contribution in [0.5, 0.6) is 0 Å². The molecule has 1 aromatic carbocycles. The van der Waals surface area contributed by atoms with E-state index in [1.165, 1.54) is 0 Å². The zero-order chi connectivity index (χ0) is 13.2. The topological polar surface area (TPSA) is 73.6 Å². The van der Waals surface area contributed by atoms with Gasteiger partial charge in [0.05, 0.1) is 26.2 Å². The van der Waals surface area contributed by atoms with Gasteiger partial charge < -0.3 is 20.5 Å². The van der Waals surface area contributed by atoms with Gasteiger partial charge in [0, 0.05) is 19.3 Å². The van der Waals surface area contributed by atoms with E-state index < -0.39 is 0 Å². The molecule has 18 heavy (non-hydrogen) atoms. The van der Waals surface area contributed by atoms with E-state index in [0.717, 1.165) is 11.3 Å². The summed E-state index contributed by atoms with van der Waals surface area (Å²) in [6.45, 7) is 1.83. The molecular weight excluding hydrogens is 232 g/mol. The standard InChI is InChI=1S/C13H20N2O3/c1-17-8-9-18-7-6-13(16)15-12-5-3-2-4-11(12)10-14/h2-5H,6-10,14H2,1H3,(H,15,16). The lowest BCUT2D eigenvalue weighted by atomic mass is 10.2. The van der Waals surface area contributed by atoms with Crippen LogP contribution < -0.4 is 11.1 Å². The third kappa shape index (κ3) is 5.27. The summed E-state index contributed by atoms with van der Waals surface area (Å²) < 4.78 is 10.1. The van der Waals surface area contributed by atoms with E-state index in [-0.39, 0.29) is 5.91 Å². The SMILES string of the molecule is COCCOCCC(=O)Nc1ccccc1CN. The van der Waals surface area contributed by atoms with Gasteiger partial charge in [-0.05, 0) is 11.6 Å². The normalized spacial score (nSPS) is 10.3. The summed E-state index contributed by atoms with van der Waals surface area (Å²) in [4.78, 5) is 11.7. The Morgan fingerprint density at radius 3 is 2.78 bits per heavy atom. The van der Waals surface area contributed by atoms with Gasteiger partial charge in [-0.3, -0.25) is 4.79 Å². The number of nitrogens with one attached hydrogen (secondary N) is 1. The van der Waals surface area contributed by atoms with Crippen LogP contribution in [0.2, 0.25) is 0 Å². The summed E-state index contributed by atoms with van der Waals surface area (Å²) >= 11 is 0. The first-order valence-electron chi connectivity index (χ1n) is 5.92. The van der Waals surface area contributed by atoms with E-state index in [0.29, 0.717) is 32.8 Å². The van der Waals surface area contributed by atoms with Crippen molar-refractivity contribution in [3.05, 3.63) is 29.8 Å². The number of para-hydroxylation sites is 1. The molecule has 0 bridgehead atoms. The highest BCUT2D eigenvalue weighted by molar-refractivity contribution is 5.91. The smallest absolute Gasteiger partial charge is 0.226 e. The maximum Gasteiger partial charge on any atom is 0.226 e. The molecule has 100 valence electrons. The van der Waals surface area contributed by atoms with E-state index >= 15 is 0 Å². The van der Waals surface area contributed by atoms with Crippen LogP contribution in [0, 0.1) is 0 Å². The molecule has 1 rings (SSSR count). The summed E-state index contributed by atoms with van der Waals surface area (Å²) in [6.07, 6.45) is 0.322. The first-order chi connectivity index (χ1) is 8.77. The molecule has 0 fully saturated rings. The van der Waals surface area contributed by atoms with Crippen LogP contribution in [0.4, 0.5) is 5.69 Å². The number of ether oxygens (including phenoxy) is 2. The summed E-state index contributed by atoms with van der Waals surface area (Å²) in [5.74, 6) is -0.0756. The van der Waals surface area contributed by atoms with Gasteiger partial charge in [-0.15, -0.1) is 0 Å². The van der Waals surface area contributed by atoms with E-state index in [4.69, 9.17) is 15.2 Å². The van der Waals surface area contributed by atoms with Crippen LogP contribution in [0.15, 0.2) is 24.3 Å². The summed E-state index contributed by atoms with van der Waals surface area (Å²) in [5, 5.41) is 2.82. The van der Waals surface area contributed by atoms with Gasteiger partial charge in [-0.25, -0.2) is 0 Å². The molecular formula is C13H20N2O3. The van der Waals surface area contributed by atoms with Crippen LogP contribution in [0.3, 0.4) is 0 Å². The van der Waals surface area contributed by atoms with Gasteiger partial charge in [-0.2, -0.15) is 0 Å². The molecule has 0 aliphatic heterocycles. The fraction of sp³-hybridized carbons (Fsp3) is 0.462. The Kier molecular flexibility index (Phi) is 7.01. The van der Waals surface area contributed by atoms with Crippen molar-refractivity contribution in [2.24, 2.45) is 5.73 Å². The largest absolute Gasteiger partial charge is 0.382 e. The van der Waals surface area contributed by atoms with Crippen molar-refractivity contribution < 1.29 is 14.3 Å². The molecule has 5 nitrogen and oxygen atoms in total. The van der Waals surface area contributed by atoms with Crippen molar-refractivity contribution in [2.45, 2.75) is 13.0 Å². The molecule has 0 radical (unpaired) electrons. The Balaban J connectivity index is 2.31. The Morgan fingerprint density at radius 1 is 1.28 bits per heavy atom.